The molecule has 0 aliphatic heterocycles. The molecule has 1 aliphatic carbocycles. The highest BCUT2D eigenvalue weighted by Gasteiger charge is 2.21. The van der Waals surface area contributed by atoms with Gasteiger partial charge in [0.15, 0.2) is 0 Å². The lowest BCUT2D eigenvalue weighted by atomic mass is 9.77. The van der Waals surface area contributed by atoms with Crippen molar-refractivity contribution >= 4 is 0 Å². The summed E-state index contributed by atoms with van der Waals surface area (Å²) in [6.07, 6.45) is 16.7. The Morgan fingerprint density at radius 2 is 1.83 bits per heavy atom. The first-order chi connectivity index (χ1) is 11.8. The lowest BCUT2D eigenvalue weighted by molar-refractivity contribution is 0.125. The zero-order valence-corrected chi connectivity index (χ0v) is 15.4. The molecule has 0 heterocycles. The molecule has 0 saturated heterocycles. The third-order valence-electron chi connectivity index (χ3n) is 5.25. The molecule has 0 bridgehead atoms. The molecule has 24 heavy (non-hydrogen) atoms. The maximum absolute atomic E-state index is 5.71. The summed E-state index contributed by atoms with van der Waals surface area (Å²) >= 11 is 0. The summed E-state index contributed by atoms with van der Waals surface area (Å²) in [5.74, 6) is 1.72. The molecule has 1 aromatic carbocycles. The van der Waals surface area contributed by atoms with E-state index in [0.29, 0.717) is 0 Å². The number of hydrogen-bond donors (Lipinski definition) is 0. The summed E-state index contributed by atoms with van der Waals surface area (Å²) < 4.78 is 5.71. The minimum atomic E-state index is 0.730. The van der Waals surface area contributed by atoms with Crippen molar-refractivity contribution < 1.29 is 4.74 Å². The van der Waals surface area contributed by atoms with Gasteiger partial charge in [-0.25, -0.2) is 0 Å². The zero-order chi connectivity index (χ0) is 17.0. The molecule has 0 amide bonds. The lowest BCUT2D eigenvalue weighted by Gasteiger charge is -2.29. The van der Waals surface area contributed by atoms with Crippen LogP contribution in [0.3, 0.4) is 0 Å². The Bertz CT molecular complexity index is 477. The Balaban J connectivity index is 1.70. The van der Waals surface area contributed by atoms with Crippen LogP contribution in [-0.2, 0) is 11.3 Å². The minimum absolute atomic E-state index is 0.730. The van der Waals surface area contributed by atoms with Crippen molar-refractivity contribution in [2.75, 3.05) is 6.61 Å². The van der Waals surface area contributed by atoms with Crippen molar-refractivity contribution in [3.8, 4) is 0 Å². The third-order valence-corrected chi connectivity index (χ3v) is 5.25. The van der Waals surface area contributed by atoms with Crippen molar-refractivity contribution in [1.29, 1.82) is 0 Å². The summed E-state index contributed by atoms with van der Waals surface area (Å²) in [7, 11) is 0. The van der Waals surface area contributed by atoms with Gasteiger partial charge < -0.3 is 4.74 Å². The molecule has 1 aliphatic rings. The van der Waals surface area contributed by atoms with Crippen molar-refractivity contribution in [3.63, 3.8) is 0 Å². The van der Waals surface area contributed by atoms with E-state index in [9.17, 15) is 0 Å². The van der Waals surface area contributed by atoms with Gasteiger partial charge in [0.25, 0.3) is 0 Å². The van der Waals surface area contributed by atoms with Gasteiger partial charge in [-0.1, -0.05) is 48.9 Å². The quantitative estimate of drug-likeness (QED) is 0.339. The first kappa shape index (κ1) is 19.0. The van der Waals surface area contributed by atoms with Crippen LogP contribution in [0.15, 0.2) is 49.1 Å². The minimum Gasteiger partial charge on any atom is -0.376 e. The molecule has 0 radical (unpaired) electrons. The molecule has 0 atom stereocenters. The fourth-order valence-corrected chi connectivity index (χ4v) is 3.73. The second-order valence-electron chi connectivity index (χ2n) is 7.09. The average molecular weight is 327 g/mol. The van der Waals surface area contributed by atoms with Crippen LogP contribution in [-0.4, -0.2) is 6.61 Å². The SMILES string of the molecule is C=CCCC[C@H]1CC[C@H](c2ccc(COCC/C=C/C)cc2)CC1. The molecule has 0 aromatic heterocycles. The summed E-state index contributed by atoms with van der Waals surface area (Å²) in [6.45, 7) is 7.41. The molecule has 1 heteroatoms. The Kier molecular flexibility index (Phi) is 8.91. The maximum atomic E-state index is 5.71. The molecule has 1 fully saturated rings. The topological polar surface area (TPSA) is 9.23 Å². The van der Waals surface area contributed by atoms with Gasteiger partial charge in [0.05, 0.1) is 13.2 Å². The largest absolute Gasteiger partial charge is 0.376 e. The molecule has 0 N–H and O–H groups in total. The van der Waals surface area contributed by atoms with Crippen molar-refractivity contribution in [2.45, 2.75) is 70.8 Å². The van der Waals surface area contributed by atoms with Crippen molar-refractivity contribution in [3.05, 3.63) is 60.2 Å². The van der Waals surface area contributed by atoms with Crippen LogP contribution in [0, 0.1) is 5.92 Å². The molecule has 1 saturated carbocycles. The van der Waals surface area contributed by atoms with Crippen LogP contribution in [0.1, 0.15) is 75.3 Å². The average Bonchev–Trinajstić information content (AvgIpc) is 2.63. The van der Waals surface area contributed by atoms with Gasteiger partial charge in [0.1, 0.15) is 0 Å². The zero-order valence-electron chi connectivity index (χ0n) is 15.4. The van der Waals surface area contributed by atoms with Gasteiger partial charge in [0, 0.05) is 0 Å². The molecule has 0 unspecified atom stereocenters. The smallest absolute Gasteiger partial charge is 0.0717 e. The number of benzene rings is 1. The predicted octanol–water partition coefficient (Wildman–Crippen LogP) is 6.80. The van der Waals surface area contributed by atoms with Crippen LogP contribution in [0.2, 0.25) is 0 Å². The lowest BCUT2D eigenvalue weighted by Crippen LogP contribution is -2.13. The van der Waals surface area contributed by atoms with E-state index in [0.717, 1.165) is 31.5 Å². The maximum Gasteiger partial charge on any atom is 0.0717 e. The van der Waals surface area contributed by atoms with E-state index < -0.39 is 0 Å². The second-order valence-corrected chi connectivity index (χ2v) is 7.09. The first-order valence-electron chi connectivity index (χ1n) is 9.72. The standard InChI is InChI=1S/C23H34O/c1-3-5-7-9-20-10-14-22(15-11-20)23-16-12-21(13-17-23)19-24-18-8-6-4-2/h3-4,6,12-13,16-17,20,22H,1,5,7-11,14-15,18-19H2,2H3/b6-4+/t20-,22-. The molecule has 1 aromatic rings. The summed E-state index contributed by atoms with van der Waals surface area (Å²) in [4.78, 5) is 0. The van der Waals surface area contributed by atoms with Crippen LogP contribution in [0.5, 0.6) is 0 Å². The van der Waals surface area contributed by atoms with Crippen LogP contribution >= 0.6 is 0 Å². The molecular weight excluding hydrogens is 292 g/mol. The second kappa shape index (κ2) is 11.3. The fraction of sp³-hybridized carbons (Fsp3) is 0.565. The van der Waals surface area contributed by atoms with Gasteiger partial charge in [0.2, 0.25) is 0 Å². The van der Waals surface area contributed by atoms with E-state index in [1.54, 1.807) is 0 Å². The number of ether oxygens (including phenoxy) is 1. The summed E-state index contributed by atoms with van der Waals surface area (Å²) in [6, 6.07) is 9.16. The molecule has 1 nitrogen and oxygen atoms in total. The monoisotopic (exact) mass is 326 g/mol. The van der Waals surface area contributed by atoms with E-state index in [2.05, 4.69) is 49.1 Å². The predicted molar refractivity (Wildman–Crippen MR) is 104 cm³/mol. The summed E-state index contributed by atoms with van der Waals surface area (Å²) in [5.41, 5.74) is 2.81. The molecule has 0 spiro atoms. The van der Waals surface area contributed by atoms with Gasteiger partial charge >= 0.3 is 0 Å². The van der Waals surface area contributed by atoms with E-state index in [1.807, 2.05) is 6.92 Å². The molecule has 132 valence electrons. The van der Waals surface area contributed by atoms with E-state index in [-0.39, 0.29) is 0 Å². The Labute approximate surface area is 148 Å². The summed E-state index contributed by atoms with van der Waals surface area (Å²) in [5, 5.41) is 0. The first-order valence-corrected chi connectivity index (χ1v) is 9.72. The van der Waals surface area contributed by atoms with E-state index >= 15 is 0 Å². The van der Waals surface area contributed by atoms with Gasteiger partial charge in [-0.15, -0.1) is 6.58 Å². The van der Waals surface area contributed by atoms with Crippen LogP contribution in [0.4, 0.5) is 0 Å². The fourth-order valence-electron chi connectivity index (χ4n) is 3.73. The van der Waals surface area contributed by atoms with Gasteiger partial charge in [-0.2, -0.15) is 0 Å². The van der Waals surface area contributed by atoms with Crippen LogP contribution in [0.25, 0.3) is 0 Å². The molecule has 2 rings (SSSR count). The van der Waals surface area contributed by atoms with Crippen LogP contribution < -0.4 is 0 Å². The molecular formula is C23H34O. The third kappa shape index (κ3) is 6.65. The number of rotatable bonds is 10. The Hall–Kier alpha value is -1.34. The van der Waals surface area contributed by atoms with E-state index in [4.69, 9.17) is 4.74 Å². The highest BCUT2D eigenvalue weighted by atomic mass is 16.5. The van der Waals surface area contributed by atoms with Gasteiger partial charge in [-0.05, 0) is 74.8 Å². The van der Waals surface area contributed by atoms with Crippen molar-refractivity contribution in [1.82, 2.24) is 0 Å². The number of allylic oxidation sites excluding steroid dienone is 2. The van der Waals surface area contributed by atoms with Crippen molar-refractivity contribution in [2.24, 2.45) is 5.92 Å². The Morgan fingerprint density at radius 3 is 2.50 bits per heavy atom. The highest BCUT2D eigenvalue weighted by Crippen LogP contribution is 2.37. The Morgan fingerprint density at radius 1 is 1.08 bits per heavy atom. The number of unbranched alkanes of at least 4 members (excludes halogenated alkanes) is 1. The normalized spacial score (nSPS) is 21.2. The van der Waals surface area contributed by atoms with E-state index in [1.165, 1.54) is 56.1 Å². The van der Waals surface area contributed by atoms with Gasteiger partial charge in [-0.3, -0.25) is 0 Å². The highest BCUT2D eigenvalue weighted by molar-refractivity contribution is 5.25. The number of hydrogen-bond acceptors (Lipinski definition) is 1.